The van der Waals surface area contributed by atoms with Crippen LogP contribution in [0.5, 0.6) is 11.5 Å². The smallest absolute Gasteiger partial charge is 0.337 e. The van der Waals surface area contributed by atoms with Gasteiger partial charge in [0.2, 0.25) is 0 Å². The Morgan fingerprint density at radius 3 is 2.52 bits per heavy atom. The molecule has 0 aliphatic rings. The van der Waals surface area contributed by atoms with E-state index < -0.39 is 11.9 Å². The molecule has 158 valence electrons. The lowest BCUT2D eigenvalue weighted by molar-refractivity contribution is -0.112. The van der Waals surface area contributed by atoms with Gasteiger partial charge in [-0.15, -0.1) is 6.42 Å². The Balaban J connectivity index is 2.27. The number of terminal acetylenes is 1. The van der Waals surface area contributed by atoms with Gasteiger partial charge in [0, 0.05) is 5.69 Å². The van der Waals surface area contributed by atoms with Crippen molar-refractivity contribution in [3.05, 3.63) is 58.1 Å². The molecule has 31 heavy (non-hydrogen) atoms. The third kappa shape index (κ3) is 6.27. The lowest BCUT2D eigenvalue weighted by atomic mass is 10.1. The number of carbonyl (C=O) groups excluding carboxylic acids is 2. The third-order valence-corrected chi connectivity index (χ3v) is 4.15. The van der Waals surface area contributed by atoms with Crippen LogP contribution < -0.4 is 14.8 Å². The van der Waals surface area contributed by atoms with Crippen molar-refractivity contribution in [1.29, 1.82) is 5.26 Å². The van der Waals surface area contributed by atoms with Crippen molar-refractivity contribution in [2.75, 3.05) is 25.6 Å². The molecule has 1 amide bonds. The summed E-state index contributed by atoms with van der Waals surface area (Å²) in [6, 6.07) is 11.0. The van der Waals surface area contributed by atoms with Crippen molar-refractivity contribution in [3.8, 4) is 29.9 Å². The highest BCUT2D eigenvalue weighted by atomic mass is 35.5. The number of rotatable bonds is 8. The summed E-state index contributed by atoms with van der Waals surface area (Å²) < 4.78 is 15.6. The Hall–Kier alpha value is -3.94. The highest BCUT2D eigenvalue weighted by Crippen LogP contribution is 2.37. The van der Waals surface area contributed by atoms with E-state index in [1.54, 1.807) is 13.0 Å². The van der Waals surface area contributed by atoms with Gasteiger partial charge in [-0.05, 0) is 55.0 Å². The van der Waals surface area contributed by atoms with Crippen LogP contribution in [0.4, 0.5) is 5.69 Å². The van der Waals surface area contributed by atoms with Crippen LogP contribution in [0.1, 0.15) is 22.8 Å². The number of carbonyl (C=O) groups is 2. The molecule has 0 saturated carbocycles. The van der Waals surface area contributed by atoms with Gasteiger partial charge >= 0.3 is 5.97 Å². The normalized spacial score (nSPS) is 10.4. The van der Waals surface area contributed by atoms with E-state index in [-0.39, 0.29) is 23.0 Å². The van der Waals surface area contributed by atoms with E-state index in [2.05, 4.69) is 16.0 Å². The Bertz CT molecular complexity index is 1080. The fourth-order valence-electron chi connectivity index (χ4n) is 2.51. The summed E-state index contributed by atoms with van der Waals surface area (Å²) in [5, 5.41) is 12.3. The number of esters is 1. The van der Waals surface area contributed by atoms with Crippen LogP contribution in [0.3, 0.4) is 0 Å². The highest BCUT2D eigenvalue weighted by molar-refractivity contribution is 6.32. The van der Waals surface area contributed by atoms with E-state index in [4.69, 9.17) is 27.5 Å². The van der Waals surface area contributed by atoms with Crippen LogP contribution in [0, 0.1) is 23.7 Å². The first kappa shape index (κ1) is 23.3. The first-order valence-corrected chi connectivity index (χ1v) is 9.45. The molecule has 0 aromatic heterocycles. The summed E-state index contributed by atoms with van der Waals surface area (Å²) in [6.45, 7) is 2.15. The second-order valence-corrected chi connectivity index (χ2v) is 6.36. The van der Waals surface area contributed by atoms with Crippen LogP contribution in [0.2, 0.25) is 5.02 Å². The summed E-state index contributed by atoms with van der Waals surface area (Å²) in [4.78, 5) is 24.0. The van der Waals surface area contributed by atoms with E-state index in [9.17, 15) is 14.9 Å². The Morgan fingerprint density at radius 2 is 1.94 bits per heavy atom. The molecule has 2 rings (SSSR count). The Morgan fingerprint density at radius 1 is 1.23 bits per heavy atom. The average Bonchev–Trinajstić information content (AvgIpc) is 2.77. The predicted octanol–water partition coefficient (Wildman–Crippen LogP) is 4.08. The van der Waals surface area contributed by atoms with Gasteiger partial charge < -0.3 is 19.5 Å². The number of methoxy groups -OCH3 is 1. The van der Waals surface area contributed by atoms with Gasteiger partial charge in [0.25, 0.3) is 5.91 Å². The molecular formula is C23H19ClN2O5. The number of nitriles is 1. The van der Waals surface area contributed by atoms with Crippen LogP contribution in [0.15, 0.2) is 42.0 Å². The molecule has 0 fully saturated rings. The van der Waals surface area contributed by atoms with Gasteiger partial charge in [0.15, 0.2) is 11.5 Å². The van der Waals surface area contributed by atoms with Crippen LogP contribution in [0.25, 0.3) is 6.08 Å². The number of halogens is 1. The number of nitrogens with one attached hydrogen (secondary N) is 1. The molecular weight excluding hydrogens is 420 g/mol. The first-order valence-electron chi connectivity index (χ1n) is 9.07. The number of ether oxygens (including phenoxy) is 3. The Labute approximate surface area is 185 Å². The number of hydrogen-bond acceptors (Lipinski definition) is 6. The number of benzene rings is 2. The van der Waals surface area contributed by atoms with E-state index >= 15 is 0 Å². The minimum absolute atomic E-state index is 0.00952. The van der Waals surface area contributed by atoms with Gasteiger partial charge in [-0.2, -0.15) is 5.26 Å². The third-order valence-electron chi connectivity index (χ3n) is 3.87. The quantitative estimate of drug-likeness (QED) is 0.288. The van der Waals surface area contributed by atoms with E-state index in [1.807, 2.05) is 6.07 Å². The molecule has 0 atom stereocenters. The van der Waals surface area contributed by atoms with E-state index in [0.717, 1.165) is 0 Å². The minimum atomic E-state index is -0.630. The second-order valence-electron chi connectivity index (χ2n) is 5.95. The van der Waals surface area contributed by atoms with Gasteiger partial charge in [0.05, 0.1) is 24.3 Å². The molecule has 2 aromatic rings. The molecule has 0 aliphatic heterocycles. The van der Waals surface area contributed by atoms with Crippen LogP contribution in [-0.2, 0) is 9.53 Å². The summed E-state index contributed by atoms with van der Waals surface area (Å²) in [5.41, 5.74) is 1.05. The van der Waals surface area contributed by atoms with Gasteiger partial charge in [-0.1, -0.05) is 17.5 Å². The fourth-order valence-corrected chi connectivity index (χ4v) is 2.78. The molecule has 0 unspecified atom stereocenters. The van der Waals surface area contributed by atoms with Crippen LogP contribution in [-0.4, -0.2) is 32.2 Å². The van der Waals surface area contributed by atoms with Crippen molar-refractivity contribution in [2.24, 2.45) is 0 Å². The zero-order valence-electron chi connectivity index (χ0n) is 16.9. The molecule has 1 N–H and O–H groups in total. The molecule has 0 radical (unpaired) electrons. The van der Waals surface area contributed by atoms with E-state index in [1.165, 1.54) is 43.5 Å². The minimum Gasteiger partial charge on any atom is -0.490 e. The SMILES string of the molecule is C#CCOc1c(Cl)cc(/C=C(\C#N)C(=O)Nc2ccc(C(=O)OC)cc2)cc1OCC. The largest absolute Gasteiger partial charge is 0.490 e. The van der Waals surface area contributed by atoms with Crippen molar-refractivity contribution in [2.45, 2.75) is 6.92 Å². The molecule has 0 spiro atoms. The second kappa shape index (κ2) is 11.3. The van der Waals surface area contributed by atoms with Crippen molar-refractivity contribution in [3.63, 3.8) is 0 Å². The van der Waals surface area contributed by atoms with E-state index in [0.29, 0.717) is 29.2 Å². The fraction of sp³-hybridized carbons (Fsp3) is 0.174. The number of nitrogens with zero attached hydrogens (tertiary/aromatic N) is 1. The highest BCUT2D eigenvalue weighted by Gasteiger charge is 2.15. The monoisotopic (exact) mass is 438 g/mol. The zero-order chi connectivity index (χ0) is 22.8. The van der Waals surface area contributed by atoms with Crippen LogP contribution >= 0.6 is 11.6 Å². The lowest BCUT2D eigenvalue weighted by Crippen LogP contribution is -2.13. The summed E-state index contributed by atoms with van der Waals surface area (Å²) >= 11 is 6.27. The van der Waals surface area contributed by atoms with Gasteiger partial charge in [-0.25, -0.2) is 4.79 Å². The molecule has 0 heterocycles. The topological polar surface area (TPSA) is 97.7 Å². The summed E-state index contributed by atoms with van der Waals surface area (Å²) in [5.74, 6) is 1.85. The average molecular weight is 439 g/mol. The number of anilines is 1. The molecule has 0 bridgehead atoms. The van der Waals surface area contributed by atoms with Crippen molar-refractivity contribution in [1.82, 2.24) is 0 Å². The molecule has 7 nitrogen and oxygen atoms in total. The Kier molecular flexibility index (Phi) is 8.51. The number of amides is 1. The number of hydrogen-bond donors (Lipinski definition) is 1. The van der Waals surface area contributed by atoms with Crippen molar-refractivity contribution < 1.29 is 23.8 Å². The summed E-state index contributed by atoms with van der Waals surface area (Å²) in [7, 11) is 1.28. The maximum atomic E-state index is 12.5. The standard InChI is InChI=1S/C23H19ClN2O5/c1-4-10-31-21-19(24)12-15(13-20(21)30-5-2)11-17(14-25)22(27)26-18-8-6-16(7-9-18)23(28)29-3/h1,6-9,11-13H,5,10H2,2-3H3,(H,26,27)/b17-11+. The maximum Gasteiger partial charge on any atom is 0.337 e. The zero-order valence-corrected chi connectivity index (χ0v) is 17.7. The molecule has 8 heteroatoms. The molecule has 0 aliphatic carbocycles. The maximum absolute atomic E-state index is 12.5. The first-order chi connectivity index (χ1) is 14.9. The van der Waals surface area contributed by atoms with Crippen molar-refractivity contribution >= 4 is 35.2 Å². The molecule has 2 aromatic carbocycles. The van der Waals surface area contributed by atoms with Gasteiger partial charge in [-0.3, -0.25) is 4.79 Å². The van der Waals surface area contributed by atoms with Gasteiger partial charge in [0.1, 0.15) is 18.2 Å². The lowest BCUT2D eigenvalue weighted by Gasteiger charge is -2.13. The predicted molar refractivity (Wildman–Crippen MR) is 117 cm³/mol. The summed E-state index contributed by atoms with van der Waals surface area (Å²) in [6.07, 6.45) is 6.59. The molecule has 0 saturated heterocycles.